The molecular weight excluding hydrogens is 385 g/mol. The van der Waals surface area contributed by atoms with Gasteiger partial charge in [0.2, 0.25) is 0 Å². The molecule has 5 rings (SSSR count). The van der Waals surface area contributed by atoms with Crippen LogP contribution in [0.15, 0.2) is 76.6 Å². The summed E-state index contributed by atoms with van der Waals surface area (Å²) in [6.07, 6.45) is 3.27. The SMILES string of the molecule is C[C@H](c1cc(=O)n2[nH]cc(-c3ccc(F)cc3)c2n1)n1ncc2ccccc2c1=O. The Kier molecular flexibility index (Phi) is 4.06. The van der Waals surface area contributed by atoms with E-state index < -0.39 is 6.04 Å². The van der Waals surface area contributed by atoms with Gasteiger partial charge in [0, 0.05) is 23.2 Å². The van der Waals surface area contributed by atoms with Crippen molar-refractivity contribution in [2.45, 2.75) is 13.0 Å². The van der Waals surface area contributed by atoms with Crippen LogP contribution in [-0.2, 0) is 0 Å². The molecule has 7 nitrogen and oxygen atoms in total. The van der Waals surface area contributed by atoms with Crippen molar-refractivity contribution in [3.63, 3.8) is 0 Å². The number of aromatic nitrogens is 5. The van der Waals surface area contributed by atoms with Crippen molar-refractivity contribution >= 4 is 16.4 Å². The first-order valence-corrected chi connectivity index (χ1v) is 9.36. The fourth-order valence-corrected chi connectivity index (χ4v) is 3.56. The third kappa shape index (κ3) is 2.81. The zero-order valence-electron chi connectivity index (χ0n) is 15.9. The van der Waals surface area contributed by atoms with Gasteiger partial charge in [-0.1, -0.05) is 30.3 Å². The number of benzene rings is 2. The van der Waals surface area contributed by atoms with Crippen LogP contribution in [-0.4, -0.2) is 24.4 Å². The van der Waals surface area contributed by atoms with Crippen LogP contribution in [0.5, 0.6) is 0 Å². The fraction of sp³-hybridized carbons (Fsp3) is 0.0909. The lowest BCUT2D eigenvalue weighted by molar-refractivity contribution is 0.524. The molecule has 0 saturated carbocycles. The van der Waals surface area contributed by atoms with Crippen LogP contribution in [0.4, 0.5) is 4.39 Å². The number of halogens is 1. The van der Waals surface area contributed by atoms with Gasteiger partial charge in [-0.2, -0.15) is 5.10 Å². The Labute approximate surface area is 169 Å². The molecule has 30 heavy (non-hydrogen) atoms. The second-order valence-electron chi connectivity index (χ2n) is 7.03. The van der Waals surface area contributed by atoms with Gasteiger partial charge in [0.05, 0.1) is 23.3 Å². The largest absolute Gasteiger partial charge is 0.296 e. The Morgan fingerprint density at radius 1 is 1.07 bits per heavy atom. The van der Waals surface area contributed by atoms with E-state index in [1.165, 1.54) is 27.4 Å². The zero-order chi connectivity index (χ0) is 20.8. The predicted molar refractivity (Wildman–Crippen MR) is 111 cm³/mol. The molecule has 0 aliphatic heterocycles. The predicted octanol–water partition coefficient (Wildman–Crippen LogP) is 3.15. The molecule has 0 saturated heterocycles. The van der Waals surface area contributed by atoms with E-state index in [0.717, 1.165) is 5.39 Å². The molecule has 5 aromatic rings. The van der Waals surface area contributed by atoms with E-state index in [4.69, 9.17) is 0 Å². The van der Waals surface area contributed by atoms with Gasteiger partial charge in [-0.15, -0.1) is 0 Å². The molecule has 8 heteroatoms. The van der Waals surface area contributed by atoms with E-state index in [1.54, 1.807) is 43.6 Å². The third-order valence-electron chi connectivity index (χ3n) is 5.19. The maximum atomic E-state index is 13.3. The van der Waals surface area contributed by atoms with Gasteiger partial charge in [-0.25, -0.2) is 18.6 Å². The summed E-state index contributed by atoms with van der Waals surface area (Å²) in [4.78, 5) is 30.2. The normalized spacial score (nSPS) is 12.5. The van der Waals surface area contributed by atoms with Crippen LogP contribution in [0, 0.1) is 5.82 Å². The molecule has 0 aliphatic rings. The molecule has 148 valence electrons. The molecule has 1 N–H and O–H groups in total. The zero-order valence-corrected chi connectivity index (χ0v) is 15.9. The Morgan fingerprint density at radius 2 is 1.83 bits per heavy atom. The number of fused-ring (bicyclic) bond motifs is 2. The molecule has 0 bridgehead atoms. The molecule has 3 aromatic heterocycles. The number of hydrogen-bond acceptors (Lipinski definition) is 4. The average Bonchev–Trinajstić information content (AvgIpc) is 3.19. The summed E-state index contributed by atoms with van der Waals surface area (Å²) in [5.41, 5.74) is 1.60. The topological polar surface area (TPSA) is 85.0 Å². The minimum absolute atomic E-state index is 0.254. The summed E-state index contributed by atoms with van der Waals surface area (Å²) in [6.45, 7) is 1.77. The number of aromatic amines is 1. The first-order chi connectivity index (χ1) is 14.5. The van der Waals surface area contributed by atoms with Crippen LogP contribution >= 0.6 is 0 Å². The number of H-pyrrole nitrogens is 1. The van der Waals surface area contributed by atoms with E-state index in [1.807, 2.05) is 12.1 Å². The number of hydrogen-bond donors (Lipinski definition) is 1. The Bertz CT molecular complexity index is 1520. The minimum Gasteiger partial charge on any atom is -0.296 e. The lowest BCUT2D eigenvalue weighted by Gasteiger charge is -2.14. The van der Waals surface area contributed by atoms with Crippen molar-refractivity contribution in [3.8, 4) is 11.1 Å². The van der Waals surface area contributed by atoms with Crippen LogP contribution < -0.4 is 11.1 Å². The highest BCUT2D eigenvalue weighted by Crippen LogP contribution is 2.24. The van der Waals surface area contributed by atoms with E-state index in [9.17, 15) is 14.0 Å². The van der Waals surface area contributed by atoms with E-state index in [2.05, 4.69) is 15.2 Å². The van der Waals surface area contributed by atoms with Crippen molar-refractivity contribution in [2.24, 2.45) is 0 Å². The molecule has 2 aromatic carbocycles. The van der Waals surface area contributed by atoms with Crippen LogP contribution in [0.1, 0.15) is 18.7 Å². The first kappa shape index (κ1) is 18.0. The maximum absolute atomic E-state index is 13.3. The highest BCUT2D eigenvalue weighted by Gasteiger charge is 2.18. The summed E-state index contributed by atoms with van der Waals surface area (Å²) in [7, 11) is 0. The number of nitrogens with one attached hydrogen (secondary N) is 1. The lowest BCUT2D eigenvalue weighted by atomic mass is 10.1. The molecule has 0 fully saturated rings. The highest BCUT2D eigenvalue weighted by atomic mass is 19.1. The molecule has 0 aliphatic carbocycles. The van der Waals surface area contributed by atoms with E-state index in [-0.39, 0.29) is 16.9 Å². The summed E-state index contributed by atoms with van der Waals surface area (Å²) in [5, 5.41) is 8.45. The molecule has 0 unspecified atom stereocenters. The Hall–Kier alpha value is -4.07. The van der Waals surface area contributed by atoms with Gasteiger partial charge in [0.25, 0.3) is 11.1 Å². The molecule has 0 radical (unpaired) electrons. The van der Waals surface area contributed by atoms with Gasteiger partial charge < -0.3 is 0 Å². The van der Waals surface area contributed by atoms with Crippen LogP contribution in [0.3, 0.4) is 0 Å². The van der Waals surface area contributed by atoms with E-state index >= 15 is 0 Å². The Balaban J connectivity index is 1.67. The van der Waals surface area contributed by atoms with Gasteiger partial charge in [-0.05, 0) is 30.7 Å². The monoisotopic (exact) mass is 401 g/mol. The number of nitrogens with zero attached hydrogens (tertiary/aromatic N) is 4. The number of rotatable bonds is 3. The molecule has 1 atom stereocenters. The second kappa shape index (κ2) is 6.77. The van der Waals surface area contributed by atoms with E-state index in [0.29, 0.717) is 27.9 Å². The first-order valence-electron chi connectivity index (χ1n) is 9.36. The Morgan fingerprint density at radius 3 is 2.63 bits per heavy atom. The van der Waals surface area contributed by atoms with Crippen LogP contribution in [0.25, 0.3) is 27.5 Å². The summed E-state index contributed by atoms with van der Waals surface area (Å²) >= 11 is 0. The fourth-order valence-electron chi connectivity index (χ4n) is 3.56. The van der Waals surface area contributed by atoms with Crippen molar-refractivity contribution in [3.05, 3.63) is 99.2 Å². The highest BCUT2D eigenvalue weighted by molar-refractivity contribution is 5.80. The summed E-state index contributed by atoms with van der Waals surface area (Å²) < 4.78 is 15.9. The maximum Gasteiger partial charge on any atom is 0.275 e. The van der Waals surface area contributed by atoms with Gasteiger partial charge in [-0.3, -0.25) is 14.7 Å². The van der Waals surface area contributed by atoms with Crippen molar-refractivity contribution in [1.29, 1.82) is 0 Å². The minimum atomic E-state index is -0.559. The molecule has 3 heterocycles. The second-order valence-corrected chi connectivity index (χ2v) is 7.03. The molecule has 0 spiro atoms. The smallest absolute Gasteiger partial charge is 0.275 e. The van der Waals surface area contributed by atoms with Crippen molar-refractivity contribution in [2.75, 3.05) is 0 Å². The summed E-state index contributed by atoms with van der Waals surface area (Å²) in [6, 6.07) is 14.0. The standard InChI is InChI=1S/C22H16FN5O2/c1-13(27-22(30)17-5-3-2-4-15(17)11-24-27)19-10-20(29)28-21(26-19)18(12-25-28)14-6-8-16(23)9-7-14/h2-13,25H,1H3/t13-/m1/s1. The van der Waals surface area contributed by atoms with Crippen molar-refractivity contribution in [1.82, 2.24) is 24.4 Å². The quantitative estimate of drug-likeness (QED) is 0.503. The third-order valence-corrected chi connectivity index (χ3v) is 5.19. The van der Waals surface area contributed by atoms with Gasteiger partial charge >= 0.3 is 0 Å². The van der Waals surface area contributed by atoms with Gasteiger partial charge in [0.15, 0.2) is 5.65 Å². The van der Waals surface area contributed by atoms with Gasteiger partial charge in [0.1, 0.15) is 5.82 Å². The average molecular weight is 401 g/mol. The van der Waals surface area contributed by atoms with Crippen molar-refractivity contribution < 1.29 is 4.39 Å². The molecule has 0 amide bonds. The molecular formula is C22H16FN5O2. The van der Waals surface area contributed by atoms with Crippen LogP contribution in [0.2, 0.25) is 0 Å². The summed E-state index contributed by atoms with van der Waals surface area (Å²) in [5.74, 6) is -0.347. The lowest BCUT2D eigenvalue weighted by Crippen LogP contribution is -2.28.